The van der Waals surface area contributed by atoms with Crippen molar-refractivity contribution in [3.63, 3.8) is 0 Å². The summed E-state index contributed by atoms with van der Waals surface area (Å²) in [7, 11) is 1.67. The summed E-state index contributed by atoms with van der Waals surface area (Å²) in [6.07, 6.45) is 0. The number of allylic oxidation sites excluding steroid dienone is 1. The lowest BCUT2D eigenvalue weighted by atomic mass is 10.2. The second-order valence-corrected chi connectivity index (χ2v) is 4.49. The first-order chi connectivity index (χ1) is 9.02. The van der Waals surface area contributed by atoms with Crippen LogP contribution in [-0.2, 0) is 11.8 Å². The van der Waals surface area contributed by atoms with Crippen LogP contribution in [0, 0.1) is 0 Å². The zero-order valence-corrected chi connectivity index (χ0v) is 11.5. The molecule has 96 valence electrons. The first-order valence-corrected chi connectivity index (χ1v) is 6.05. The van der Waals surface area contributed by atoms with Gasteiger partial charge in [-0.2, -0.15) is 5.10 Å². The summed E-state index contributed by atoms with van der Waals surface area (Å²) >= 11 is 11.3. The Balaban J connectivity index is 2.50. The van der Waals surface area contributed by atoms with Crippen molar-refractivity contribution in [1.29, 1.82) is 0 Å². The van der Waals surface area contributed by atoms with Crippen LogP contribution >= 0.6 is 23.2 Å². The Labute approximate surface area is 120 Å². The van der Waals surface area contributed by atoms with Gasteiger partial charge in [-0.25, -0.2) is 9.67 Å². The quantitative estimate of drug-likeness (QED) is 0.496. The van der Waals surface area contributed by atoms with E-state index in [1.165, 1.54) is 4.68 Å². The molecule has 1 heterocycles. The maximum absolute atomic E-state index is 11.2. The van der Waals surface area contributed by atoms with Crippen LogP contribution in [0.5, 0.6) is 0 Å². The summed E-state index contributed by atoms with van der Waals surface area (Å²) in [5.74, 6) is 0.791. The van der Waals surface area contributed by atoms with Crippen molar-refractivity contribution in [2.45, 2.75) is 0 Å². The van der Waals surface area contributed by atoms with Crippen molar-refractivity contribution in [3.05, 3.63) is 47.4 Å². The fraction of sp³-hybridized carbons (Fsp3) is 0.0769. The van der Waals surface area contributed by atoms with Gasteiger partial charge in [-0.15, -0.1) is 5.73 Å². The van der Waals surface area contributed by atoms with Gasteiger partial charge in [0.15, 0.2) is 11.6 Å². The Bertz CT molecular complexity index is 682. The third-order valence-electron chi connectivity index (χ3n) is 2.46. The number of carbonyl (C=O) groups is 1. The largest absolute Gasteiger partial charge is 0.275 e. The van der Waals surface area contributed by atoms with Gasteiger partial charge in [0.25, 0.3) is 5.24 Å². The molecule has 0 unspecified atom stereocenters. The number of aromatic nitrogens is 3. The molecule has 4 nitrogen and oxygen atoms in total. The topological polar surface area (TPSA) is 47.8 Å². The van der Waals surface area contributed by atoms with E-state index in [-0.39, 0.29) is 5.57 Å². The molecule has 2 aromatic rings. The predicted octanol–water partition coefficient (Wildman–Crippen LogP) is 3.07. The molecular formula is C13H9Cl2N3O. The number of nitrogens with zero attached hydrogens (tertiary/aromatic N) is 3. The first-order valence-electron chi connectivity index (χ1n) is 5.30. The minimum Gasteiger partial charge on any atom is -0.275 e. The molecule has 0 bridgehead atoms. The third-order valence-corrected chi connectivity index (χ3v) is 2.90. The van der Waals surface area contributed by atoms with E-state index in [2.05, 4.69) is 22.4 Å². The molecule has 0 atom stereocenters. The Morgan fingerprint density at radius 1 is 1.37 bits per heavy atom. The van der Waals surface area contributed by atoms with Crippen molar-refractivity contribution in [2.75, 3.05) is 0 Å². The lowest BCUT2D eigenvalue weighted by Crippen LogP contribution is -2.02. The van der Waals surface area contributed by atoms with E-state index in [4.69, 9.17) is 23.2 Å². The van der Waals surface area contributed by atoms with Crippen molar-refractivity contribution >= 4 is 34.0 Å². The molecule has 0 saturated carbocycles. The van der Waals surface area contributed by atoms with Crippen LogP contribution in [0.3, 0.4) is 0 Å². The molecule has 6 heteroatoms. The average Bonchev–Trinajstić information content (AvgIpc) is 2.73. The van der Waals surface area contributed by atoms with Gasteiger partial charge in [0, 0.05) is 17.6 Å². The second kappa shape index (κ2) is 5.41. The standard InChI is InChI=1S/C13H9Cl2N3O/c1-3-10(11(15)19)13-16-12(17-18(13)2)8-4-6-9(14)7-5-8/h4-7H,1H2,2H3. The highest BCUT2D eigenvalue weighted by atomic mass is 35.5. The number of aryl methyl sites for hydroxylation is 1. The molecule has 2 rings (SSSR count). The maximum atomic E-state index is 11.2. The summed E-state index contributed by atoms with van der Waals surface area (Å²) in [5.41, 5.74) is 3.36. The van der Waals surface area contributed by atoms with Gasteiger partial charge in [-0.1, -0.05) is 18.2 Å². The zero-order chi connectivity index (χ0) is 14.0. The molecular weight excluding hydrogens is 285 g/mol. The number of carbonyl (C=O) groups excluding carboxylic acids is 1. The number of benzene rings is 1. The van der Waals surface area contributed by atoms with Gasteiger partial charge < -0.3 is 0 Å². The van der Waals surface area contributed by atoms with Gasteiger partial charge in [-0.3, -0.25) is 4.79 Å². The van der Waals surface area contributed by atoms with E-state index < -0.39 is 5.24 Å². The summed E-state index contributed by atoms with van der Waals surface area (Å²) in [5, 5.41) is 4.18. The van der Waals surface area contributed by atoms with Gasteiger partial charge in [0.1, 0.15) is 5.57 Å². The van der Waals surface area contributed by atoms with Crippen molar-refractivity contribution in [3.8, 4) is 11.4 Å². The van der Waals surface area contributed by atoms with Crippen LogP contribution in [0.1, 0.15) is 5.82 Å². The highest BCUT2D eigenvalue weighted by Gasteiger charge is 2.17. The third kappa shape index (κ3) is 2.76. The van der Waals surface area contributed by atoms with E-state index in [1.54, 1.807) is 31.3 Å². The maximum Gasteiger partial charge on any atom is 0.263 e. The number of halogens is 2. The molecule has 0 aliphatic carbocycles. The Morgan fingerprint density at radius 2 is 2.00 bits per heavy atom. The normalized spacial score (nSPS) is 10.1. The van der Waals surface area contributed by atoms with Crippen molar-refractivity contribution < 1.29 is 4.79 Å². The first kappa shape index (κ1) is 13.6. The highest BCUT2D eigenvalue weighted by molar-refractivity contribution is 6.74. The number of rotatable bonds is 3. The molecule has 0 aliphatic heterocycles. The average molecular weight is 294 g/mol. The summed E-state index contributed by atoms with van der Waals surface area (Å²) in [4.78, 5) is 15.5. The van der Waals surface area contributed by atoms with E-state index in [1.807, 2.05) is 0 Å². The lowest BCUT2D eigenvalue weighted by molar-refractivity contribution is -0.106. The molecule has 1 aromatic carbocycles. The van der Waals surface area contributed by atoms with Crippen molar-refractivity contribution in [1.82, 2.24) is 14.8 Å². The smallest absolute Gasteiger partial charge is 0.263 e. The second-order valence-electron chi connectivity index (χ2n) is 3.71. The molecule has 0 N–H and O–H groups in total. The van der Waals surface area contributed by atoms with E-state index in [0.29, 0.717) is 16.7 Å². The Hall–Kier alpha value is -1.87. The van der Waals surface area contributed by atoms with Crippen LogP contribution in [0.25, 0.3) is 17.0 Å². The Kier molecular flexibility index (Phi) is 3.86. The minimum absolute atomic E-state index is 0.0943. The molecule has 1 aromatic heterocycles. The van der Waals surface area contributed by atoms with E-state index in [0.717, 1.165) is 5.56 Å². The summed E-state index contributed by atoms with van der Waals surface area (Å²) < 4.78 is 1.46. The summed E-state index contributed by atoms with van der Waals surface area (Å²) in [6, 6.07) is 7.07. The molecule has 0 aliphatic rings. The zero-order valence-electron chi connectivity index (χ0n) is 10.0. The van der Waals surface area contributed by atoms with Gasteiger partial charge in [0.05, 0.1) is 0 Å². The molecule has 0 fully saturated rings. The monoisotopic (exact) mass is 293 g/mol. The van der Waals surface area contributed by atoms with Gasteiger partial charge in [0.2, 0.25) is 0 Å². The van der Waals surface area contributed by atoms with Crippen LogP contribution in [-0.4, -0.2) is 20.0 Å². The van der Waals surface area contributed by atoms with Crippen LogP contribution in [0.4, 0.5) is 0 Å². The molecule has 19 heavy (non-hydrogen) atoms. The molecule has 0 radical (unpaired) electrons. The van der Waals surface area contributed by atoms with E-state index >= 15 is 0 Å². The highest BCUT2D eigenvalue weighted by Crippen LogP contribution is 2.21. The SMILES string of the molecule is C=C=C(C(=O)Cl)c1nc(-c2ccc(Cl)cc2)nn1C. The van der Waals surface area contributed by atoms with Crippen LogP contribution < -0.4 is 0 Å². The Morgan fingerprint density at radius 3 is 2.53 bits per heavy atom. The van der Waals surface area contributed by atoms with Crippen LogP contribution in [0.2, 0.25) is 5.02 Å². The fourth-order valence-electron chi connectivity index (χ4n) is 1.56. The van der Waals surface area contributed by atoms with Crippen molar-refractivity contribution in [2.24, 2.45) is 7.05 Å². The van der Waals surface area contributed by atoms with Gasteiger partial charge in [-0.05, 0) is 35.9 Å². The summed E-state index contributed by atoms with van der Waals surface area (Å²) in [6.45, 7) is 3.43. The lowest BCUT2D eigenvalue weighted by Gasteiger charge is -1.96. The minimum atomic E-state index is -0.673. The van der Waals surface area contributed by atoms with Gasteiger partial charge >= 0.3 is 0 Å². The fourth-order valence-corrected chi connectivity index (χ4v) is 1.84. The number of hydrogen-bond acceptors (Lipinski definition) is 3. The number of hydrogen-bond donors (Lipinski definition) is 0. The predicted molar refractivity (Wildman–Crippen MR) is 74.9 cm³/mol. The molecule has 0 amide bonds. The molecule has 0 saturated heterocycles. The van der Waals surface area contributed by atoms with Crippen LogP contribution in [0.15, 0.2) is 36.6 Å². The molecule has 0 spiro atoms. The van der Waals surface area contributed by atoms with E-state index in [9.17, 15) is 4.79 Å².